The molecule has 0 unspecified atom stereocenters. The topological polar surface area (TPSA) is 86.8 Å². The minimum atomic E-state index is -3.52. The number of amides is 2. The molecule has 2 rings (SSSR count). The number of hydrogen-bond acceptors (Lipinski definition) is 4. The van der Waals surface area contributed by atoms with Crippen molar-refractivity contribution in [2.24, 2.45) is 5.92 Å². The second kappa shape index (κ2) is 13.7. The van der Waals surface area contributed by atoms with Gasteiger partial charge >= 0.3 is 0 Å². The van der Waals surface area contributed by atoms with Crippen LogP contribution in [-0.4, -0.2) is 50.5 Å². The molecule has 0 heterocycles. The molecule has 1 N–H and O–H groups in total. The van der Waals surface area contributed by atoms with Crippen molar-refractivity contribution in [3.8, 4) is 0 Å². The first-order valence-corrected chi connectivity index (χ1v) is 14.5. The van der Waals surface area contributed by atoms with E-state index in [1.165, 1.54) is 9.21 Å². The third-order valence-electron chi connectivity index (χ3n) is 5.88. The van der Waals surface area contributed by atoms with Crippen LogP contribution in [0.15, 0.2) is 48.5 Å². The zero-order valence-corrected chi connectivity index (χ0v) is 23.4. The monoisotopic (exact) mass is 535 g/mol. The second-order valence-corrected chi connectivity index (χ2v) is 11.8. The van der Waals surface area contributed by atoms with Gasteiger partial charge in [-0.25, -0.2) is 8.42 Å². The van der Waals surface area contributed by atoms with Gasteiger partial charge in [-0.15, -0.1) is 0 Å². The SMILES string of the molecule is CCc1ccc(N(CCCC(=O)N(Cc2cccc(Cl)c2)[C@@H](C)C(=O)NCC(C)C)S(C)(=O)=O)cc1. The highest BCUT2D eigenvalue weighted by atomic mass is 35.5. The summed E-state index contributed by atoms with van der Waals surface area (Å²) in [6.45, 7) is 8.65. The number of nitrogens with zero attached hydrogens (tertiary/aromatic N) is 2. The van der Waals surface area contributed by atoms with E-state index in [4.69, 9.17) is 11.6 Å². The Balaban J connectivity index is 2.15. The number of anilines is 1. The first kappa shape index (κ1) is 29.6. The van der Waals surface area contributed by atoms with Gasteiger partial charge in [0.25, 0.3) is 0 Å². The summed E-state index contributed by atoms with van der Waals surface area (Å²) in [6.07, 6.45) is 2.43. The summed E-state index contributed by atoms with van der Waals surface area (Å²) in [7, 11) is -3.52. The van der Waals surface area contributed by atoms with Crippen molar-refractivity contribution in [1.29, 1.82) is 0 Å². The number of halogens is 1. The maximum absolute atomic E-state index is 13.3. The average Bonchev–Trinajstić information content (AvgIpc) is 2.82. The van der Waals surface area contributed by atoms with Gasteiger partial charge in [-0.3, -0.25) is 13.9 Å². The maximum atomic E-state index is 13.3. The number of carbonyl (C=O) groups is 2. The van der Waals surface area contributed by atoms with Gasteiger partial charge in [-0.05, 0) is 61.1 Å². The van der Waals surface area contributed by atoms with E-state index < -0.39 is 16.1 Å². The van der Waals surface area contributed by atoms with E-state index in [2.05, 4.69) is 5.32 Å². The zero-order chi connectivity index (χ0) is 26.9. The standard InChI is InChI=1S/C27H38ClN3O4S/c1-6-22-12-14-25(15-13-22)31(36(5,34)35)16-8-11-26(32)30(19-23-9-7-10-24(28)17-23)21(4)27(33)29-18-20(2)3/h7,9-10,12-15,17,20-21H,6,8,11,16,18-19H2,1-5H3,(H,29,33)/t21-/m0/s1. The normalized spacial score (nSPS) is 12.3. The van der Waals surface area contributed by atoms with Crippen LogP contribution in [0.25, 0.3) is 0 Å². The average molecular weight is 536 g/mol. The summed E-state index contributed by atoms with van der Waals surface area (Å²) >= 11 is 6.13. The third-order valence-corrected chi connectivity index (χ3v) is 7.31. The fourth-order valence-corrected chi connectivity index (χ4v) is 4.95. The molecule has 1 atom stereocenters. The van der Waals surface area contributed by atoms with Crippen LogP contribution in [-0.2, 0) is 32.6 Å². The Morgan fingerprint density at radius 3 is 2.25 bits per heavy atom. The molecule has 36 heavy (non-hydrogen) atoms. The van der Waals surface area contributed by atoms with Gasteiger partial charge < -0.3 is 10.2 Å². The van der Waals surface area contributed by atoms with Gasteiger partial charge in [-0.1, -0.05) is 56.6 Å². The number of nitrogens with one attached hydrogen (secondary N) is 1. The Morgan fingerprint density at radius 1 is 1.03 bits per heavy atom. The van der Waals surface area contributed by atoms with Gasteiger partial charge in [0, 0.05) is 31.1 Å². The van der Waals surface area contributed by atoms with Gasteiger partial charge in [0.05, 0.1) is 11.9 Å². The lowest BCUT2D eigenvalue weighted by Crippen LogP contribution is -2.48. The predicted octanol–water partition coefficient (Wildman–Crippen LogP) is 4.64. The van der Waals surface area contributed by atoms with Crippen molar-refractivity contribution in [1.82, 2.24) is 10.2 Å². The minimum absolute atomic E-state index is 0.0986. The largest absolute Gasteiger partial charge is 0.354 e. The lowest BCUT2D eigenvalue weighted by molar-refractivity contribution is -0.140. The van der Waals surface area contributed by atoms with Crippen LogP contribution in [0.5, 0.6) is 0 Å². The van der Waals surface area contributed by atoms with Crippen molar-refractivity contribution < 1.29 is 18.0 Å². The molecule has 0 fully saturated rings. The Hall–Kier alpha value is -2.58. The first-order chi connectivity index (χ1) is 16.9. The number of aryl methyl sites for hydroxylation is 1. The molecule has 9 heteroatoms. The minimum Gasteiger partial charge on any atom is -0.354 e. The first-order valence-electron chi connectivity index (χ1n) is 12.3. The highest BCUT2D eigenvalue weighted by Crippen LogP contribution is 2.20. The molecule has 0 saturated heterocycles. The van der Waals surface area contributed by atoms with E-state index >= 15 is 0 Å². The van der Waals surface area contributed by atoms with Crippen molar-refractivity contribution >= 4 is 39.1 Å². The molecule has 0 saturated carbocycles. The summed E-state index contributed by atoms with van der Waals surface area (Å²) < 4.78 is 26.2. The van der Waals surface area contributed by atoms with Crippen LogP contribution >= 0.6 is 11.6 Å². The Kier molecular flexibility index (Phi) is 11.2. The molecule has 0 aromatic heterocycles. The predicted molar refractivity (Wildman–Crippen MR) is 147 cm³/mol. The smallest absolute Gasteiger partial charge is 0.242 e. The molecule has 2 aromatic rings. The summed E-state index contributed by atoms with van der Waals surface area (Å²) in [4.78, 5) is 27.6. The number of carbonyl (C=O) groups excluding carboxylic acids is 2. The molecule has 7 nitrogen and oxygen atoms in total. The summed E-state index contributed by atoms with van der Waals surface area (Å²) in [5.74, 6) is -0.170. The van der Waals surface area contributed by atoms with E-state index in [-0.39, 0.29) is 37.2 Å². The van der Waals surface area contributed by atoms with E-state index in [0.717, 1.165) is 23.8 Å². The maximum Gasteiger partial charge on any atom is 0.242 e. The van der Waals surface area contributed by atoms with Gasteiger partial charge in [0.1, 0.15) is 6.04 Å². The summed E-state index contributed by atoms with van der Waals surface area (Å²) in [6, 6.07) is 13.9. The Labute approximate surface area is 220 Å². The lowest BCUT2D eigenvalue weighted by atomic mass is 10.1. The molecule has 2 amide bonds. The molecule has 0 spiro atoms. The Morgan fingerprint density at radius 2 is 1.69 bits per heavy atom. The van der Waals surface area contributed by atoms with Crippen LogP contribution in [0.3, 0.4) is 0 Å². The van der Waals surface area contributed by atoms with Crippen LogP contribution in [0, 0.1) is 5.92 Å². The second-order valence-electron chi connectivity index (χ2n) is 9.43. The number of rotatable bonds is 13. The van der Waals surface area contributed by atoms with E-state index in [1.54, 1.807) is 37.3 Å². The fourth-order valence-electron chi connectivity index (χ4n) is 3.77. The molecule has 198 valence electrons. The van der Waals surface area contributed by atoms with Gasteiger partial charge in [0.2, 0.25) is 21.8 Å². The third kappa shape index (κ3) is 9.13. The zero-order valence-electron chi connectivity index (χ0n) is 21.8. The quantitative estimate of drug-likeness (QED) is 0.405. The fraction of sp³-hybridized carbons (Fsp3) is 0.481. The van der Waals surface area contributed by atoms with Crippen LogP contribution in [0.1, 0.15) is 51.7 Å². The molecule has 0 aliphatic rings. The van der Waals surface area contributed by atoms with E-state index in [1.807, 2.05) is 39.0 Å². The van der Waals surface area contributed by atoms with Crippen molar-refractivity contribution in [3.63, 3.8) is 0 Å². The van der Waals surface area contributed by atoms with Crippen molar-refractivity contribution in [2.75, 3.05) is 23.7 Å². The molecular formula is C27H38ClN3O4S. The lowest BCUT2D eigenvalue weighted by Gasteiger charge is -2.29. The summed E-state index contributed by atoms with van der Waals surface area (Å²) in [5.41, 5.74) is 2.50. The number of sulfonamides is 1. The molecule has 2 aromatic carbocycles. The van der Waals surface area contributed by atoms with Crippen LogP contribution in [0.2, 0.25) is 5.02 Å². The van der Waals surface area contributed by atoms with E-state index in [9.17, 15) is 18.0 Å². The van der Waals surface area contributed by atoms with Gasteiger partial charge in [-0.2, -0.15) is 0 Å². The van der Waals surface area contributed by atoms with Crippen molar-refractivity contribution in [2.45, 2.75) is 59.5 Å². The molecule has 0 radical (unpaired) electrons. The summed E-state index contributed by atoms with van der Waals surface area (Å²) in [5, 5.41) is 3.44. The highest BCUT2D eigenvalue weighted by Gasteiger charge is 2.26. The molecule has 0 bridgehead atoms. The molecular weight excluding hydrogens is 498 g/mol. The van der Waals surface area contributed by atoms with E-state index in [0.29, 0.717) is 23.7 Å². The molecule has 0 aliphatic carbocycles. The van der Waals surface area contributed by atoms with Crippen molar-refractivity contribution in [3.05, 3.63) is 64.7 Å². The van der Waals surface area contributed by atoms with Gasteiger partial charge in [0.15, 0.2) is 0 Å². The van der Waals surface area contributed by atoms with Crippen LogP contribution in [0.4, 0.5) is 5.69 Å². The molecule has 0 aliphatic heterocycles. The number of hydrogen-bond donors (Lipinski definition) is 1. The highest BCUT2D eigenvalue weighted by molar-refractivity contribution is 7.92. The Bertz CT molecular complexity index is 1120. The van der Waals surface area contributed by atoms with Crippen LogP contribution < -0.4 is 9.62 Å². The number of benzene rings is 2.